The van der Waals surface area contributed by atoms with E-state index in [0.717, 1.165) is 22.3 Å². The van der Waals surface area contributed by atoms with Crippen LogP contribution >= 0.6 is 0 Å². The third-order valence-electron chi connectivity index (χ3n) is 4.19. The van der Waals surface area contributed by atoms with E-state index in [-0.39, 0.29) is 18.4 Å². The van der Waals surface area contributed by atoms with Crippen LogP contribution in [0.4, 0.5) is 0 Å². The molecule has 0 radical (unpaired) electrons. The Kier molecular flexibility index (Phi) is 6.34. The summed E-state index contributed by atoms with van der Waals surface area (Å²) in [5, 5.41) is 2.81. The Balaban J connectivity index is 1.85. The molecule has 0 bridgehead atoms. The summed E-state index contributed by atoms with van der Waals surface area (Å²) in [5.41, 5.74) is 4.52. The van der Waals surface area contributed by atoms with Gasteiger partial charge in [0, 0.05) is 6.54 Å². The van der Waals surface area contributed by atoms with Gasteiger partial charge in [-0.15, -0.1) is 0 Å². The second-order valence-electron chi connectivity index (χ2n) is 6.47. The normalized spacial score (nSPS) is 11.7. The molecule has 0 unspecified atom stereocenters. The molecule has 2 rings (SSSR count). The monoisotopic (exact) mass is 339 g/mol. The molecule has 0 saturated heterocycles. The zero-order chi connectivity index (χ0) is 18.4. The summed E-state index contributed by atoms with van der Waals surface area (Å²) in [6.45, 7) is 8.00. The van der Waals surface area contributed by atoms with Gasteiger partial charge in [-0.1, -0.05) is 55.0 Å². The minimum atomic E-state index is -0.457. The second-order valence-corrected chi connectivity index (χ2v) is 6.47. The van der Waals surface area contributed by atoms with E-state index < -0.39 is 5.97 Å². The Morgan fingerprint density at radius 2 is 1.64 bits per heavy atom. The molecule has 0 aromatic heterocycles. The van der Waals surface area contributed by atoms with E-state index in [4.69, 9.17) is 4.74 Å². The highest BCUT2D eigenvalue weighted by Gasteiger charge is 2.16. The molecule has 0 spiro atoms. The van der Waals surface area contributed by atoms with Crippen LogP contribution in [-0.4, -0.2) is 25.0 Å². The van der Waals surface area contributed by atoms with Crippen LogP contribution in [0.3, 0.4) is 0 Å². The van der Waals surface area contributed by atoms with Crippen LogP contribution in [0.1, 0.15) is 45.5 Å². The van der Waals surface area contributed by atoms with Crippen LogP contribution < -0.4 is 5.32 Å². The van der Waals surface area contributed by atoms with E-state index in [9.17, 15) is 9.59 Å². The molecule has 132 valence electrons. The average Bonchev–Trinajstić information content (AvgIpc) is 2.57. The third kappa shape index (κ3) is 5.18. The zero-order valence-electron chi connectivity index (χ0n) is 15.3. The van der Waals surface area contributed by atoms with Crippen LogP contribution in [0.2, 0.25) is 0 Å². The predicted octanol–water partition coefficient (Wildman–Crippen LogP) is 3.69. The highest BCUT2D eigenvalue weighted by Crippen LogP contribution is 2.17. The molecule has 0 saturated carbocycles. The van der Waals surface area contributed by atoms with E-state index in [1.165, 1.54) is 0 Å². The van der Waals surface area contributed by atoms with Crippen molar-refractivity contribution in [2.45, 2.75) is 33.6 Å². The van der Waals surface area contributed by atoms with Crippen molar-refractivity contribution in [3.8, 4) is 0 Å². The number of aryl methyl sites for hydroxylation is 3. The zero-order valence-corrected chi connectivity index (χ0v) is 15.3. The summed E-state index contributed by atoms with van der Waals surface area (Å²) in [7, 11) is 0. The summed E-state index contributed by atoms with van der Waals surface area (Å²) in [6.07, 6.45) is 0. The van der Waals surface area contributed by atoms with Gasteiger partial charge in [-0.25, -0.2) is 4.79 Å². The molecule has 1 N–H and O–H groups in total. The number of carbonyl (C=O) groups is 2. The Bertz CT molecular complexity index is 730. The number of hydrogen-bond donors (Lipinski definition) is 1. The first kappa shape index (κ1) is 18.7. The first-order valence-corrected chi connectivity index (χ1v) is 8.45. The van der Waals surface area contributed by atoms with Crippen molar-refractivity contribution in [2.75, 3.05) is 13.2 Å². The fraction of sp³-hybridized carbons (Fsp3) is 0.333. The maximum absolute atomic E-state index is 12.3. The van der Waals surface area contributed by atoms with Gasteiger partial charge >= 0.3 is 5.97 Å². The molecule has 1 amide bonds. The molecule has 2 aromatic rings. The average molecular weight is 339 g/mol. The number of benzene rings is 2. The molecule has 0 aliphatic heterocycles. The number of nitrogens with one attached hydrogen (secondary N) is 1. The van der Waals surface area contributed by atoms with Gasteiger partial charge in [0.2, 0.25) is 0 Å². The first-order valence-electron chi connectivity index (χ1n) is 8.45. The Morgan fingerprint density at radius 1 is 1.04 bits per heavy atom. The van der Waals surface area contributed by atoms with E-state index in [1.54, 1.807) is 0 Å². The van der Waals surface area contributed by atoms with Gasteiger partial charge in [0.1, 0.15) is 0 Å². The van der Waals surface area contributed by atoms with Crippen molar-refractivity contribution in [1.29, 1.82) is 0 Å². The molecule has 4 nitrogen and oxygen atoms in total. The van der Waals surface area contributed by atoms with E-state index >= 15 is 0 Å². The van der Waals surface area contributed by atoms with Crippen molar-refractivity contribution >= 4 is 11.9 Å². The summed E-state index contributed by atoms with van der Waals surface area (Å²) in [5.74, 6) is -0.553. The number of rotatable bonds is 6. The summed E-state index contributed by atoms with van der Waals surface area (Å²) in [4.78, 5) is 24.2. The Labute approximate surface area is 149 Å². The fourth-order valence-corrected chi connectivity index (χ4v) is 2.92. The van der Waals surface area contributed by atoms with Crippen LogP contribution in [0.5, 0.6) is 0 Å². The minimum Gasteiger partial charge on any atom is -0.452 e. The van der Waals surface area contributed by atoms with Crippen LogP contribution in [0.15, 0.2) is 42.5 Å². The molecular formula is C21H25NO3. The smallest absolute Gasteiger partial charge is 0.339 e. The van der Waals surface area contributed by atoms with Gasteiger partial charge in [0.25, 0.3) is 5.91 Å². The number of amides is 1. The van der Waals surface area contributed by atoms with E-state index in [0.29, 0.717) is 12.1 Å². The lowest BCUT2D eigenvalue weighted by molar-refractivity contribution is -0.124. The Morgan fingerprint density at radius 3 is 2.24 bits per heavy atom. The number of hydrogen-bond acceptors (Lipinski definition) is 3. The molecule has 0 fully saturated rings. The first-order chi connectivity index (χ1) is 11.9. The van der Waals surface area contributed by atoms with Crippen LogP contribution in [0, 0.1) is 20.8 Å². The third-order valence-corrected chi connectivity index (χ3v) is 4.19. The van der Waals surface area contributed by atoms with E-state index in [2.05, 4.69) is 5.32 Å². The lowest BCUT2D eigenvalue weighted by Crippen LogP contribution is -2.31. The minimum absolute atomic E-state index is 0.197. The van der Waals surface area contributed by atoms with Crippen LogP contribution in [-0.2, 0) is 9.53 Å². The molecule has 1 atom stereocenters. The van der Waals surface area contributed by atoms with Gasteiger partial charge < -0.3 is 10.1 Å². The molecule has 0 heterocycles. The summed E-state index contributed by atoms with van der Waals surface area (Å²) < 4.78 is 5.18. The topological polar surface area (TPSA) is 55.4 Å². The molecule has 2 aromatic carbocycles. The molecule has 0 aliphatic carbocycles. The fourth-order valence-electron chi connectivity index (χ4n) is 2.92. The highest BCUT2D eigenvalue weighted by atomic mass is 16.5. The quantitative estimate of drug-likeness (QED) is 0.817. The van der Waals surface area contributed by atoms with E-state index in [1.807, 2.05) is 70.2 Å². The van der Waals surface area contributed by atoms with Gasteiger partial charge in [-0.2, -0.15) is 0 Å². The SMILES string of the molecule is Cc1cc(C)c(C(=O)OCC(=O)NC[C@@H](C)c2ccccc2)c(C)c1. The molecule has 4 heteroatoms. The summed E-state index contributed by atoms with van der Waals surface area (Å²) in [6, 6.07) is 13.8. The molecule has 0 aliphatic rings. The predicted molar refractivity (Wildman–Crippen MR) is 98.8 cm³/mol. The lowest BCUT2D eigenvalue weighted by atomic mass is 10.00. The molecule has 25 heavy (non-hydrogen) atoms. The van der Waals surface area contributed by atoms with Gasteiger partial charge in [0.05, 0.1) is 5.56 Å². The van der Waals surface area contributed by atoms with Crippen molar-refractivity contribution in [1.82, 2.24) is 5.32 Å². The number of esters is 1. The number of ether oxygens (including phenoxy) is 1. The van der Waals surface area contributed by atoms with Crippen molar-refractivity contribution in [3.05, 3.63) is 70.3 Å². The van der Waals surface area contributed by atoms with Crippen molar-refractivity contribution < 1.29 is 14.3 Å². The van der Waals surface area contributed by atoms with Crippen molar-refractivity contribution in [3.63, 3.8) is 0 Å². The summed E-state index contributed by atoms with van der Waals surface area (Å²) >= 11 is 0. The van der Waals surface area contributed by atoms with Gasteiger partial charge in [-0.3, -0.25) is 4.79 Å². The Hall–Kier alpha value is -2.62. The maximum Gasteiger partial charge on any atom is 0.339 e. The van der Waals surface area contributed by atoms with Crippen molar-refractivity contribution in [2.24, 2.45) is 0 Å². The second kappa shape index (κ2) is 8.47. The molecular weight excluding hydrogens is 314 g/mol. The van der Waals surface area contributed by atoms with Crippen LogP contribution in [0.25, 0.3) is 0 Å². The largest absolute Gasteiger partial charge is 0.452 e. The highest BCUT2D eigenvalue weighted by molar-refractivity contribution is 5.94. The van der Waals surface area contributed by atoms with Gasteiger partial charge in [0.15, 0.2) is 6.61 Å². The maximum atomic E-state index is 12.3. The van der Waals surface area contributed by atoms with Gasteiger partial charge in [-0.05, 0) is 43.4 Å². The lowest BCUT2D eigenvalue weighted by Gasteiger charge is -2.14. The standard InChI is InChI=1S/C21H25NO3/c1-14-10-15(2)20(16(3)11-14)21(24)25-13-19(23)22-12-17(4)18-8-6-5-7-9-18/h5-11,17H,12-13H2,1-4H3,(H,22,23)/t17-/m1/s1. The number of carbonyl (C=O) groups excluding carboxylic acids is 2.